The lowest BCUT2D eigenvalue weighted by Gasteiger charge is -2.10. The van der Waals surface area contributed by atoms with Crippen LogP contribution in [0.2, 0.25) is 5.02 Å². The Bertz CT molecular complexity index is 1280. The molecule has 0 unspecified atom stereocenters. The molecule has 0 aliphatic rings. The van der Waals surface area contributed by atoms with Crippen molar-refractivity contribution < 1.29 is 4.74 Å². The average Bonchev–Trinajstić information content (AvgIpc) is 3.19. The summed E-state index contributed by atoms with van der Waals surface area (Å²) in [5.74, 6) is 1.34. The maximum absolute atomic E-state index is 6.06. The number of ether oxygens (including phenoxy) is 1. The molecule has 9 nitrogen and oxygen atoms in total. The number of fused-ring (bicyclic) bond motifs is 1. The van der Waals surface area contributed by atoms with Gasteiger partial charge in [-0.3, -0.25) is 15.0 Å². The van der Waals surface area contributed by atoms with E-state index in [4.69, 9.17) is 16.3 Å². The predicted molar refractivity (Wildman–Crippen MR) is 120 cm³/mol. The lowest BCUT2D eigenvalue weighted by Crippen LogP contribution is -2.07. The molecule has 0 amide bonds. The van der Waals surface area contributed by atoms with Crippen LogP contribution in [0.15, 0.2) is 53.6 Å². The van der Waals surface area contributed by atoms with E-state index in [2.05, 4.69) is 42.3 Å². The van der Waals surface area contributed by atoms with Gasteiger partial charge in [0.1, 0.15) is 5.69 Å². The zero-order chi connectivity index (χ0) is 21.8. The molecule has 0 aliphatic heterocycles. The van der Waals surface area contributed by atoms with E-state index in [0.717, 1.165) is 11.3 Å². The third-order valence-corrected chi connectivity index (χ3v) is 4.74. The van der Waals surface area contributed by atoms with E-state index in [-0.39, 0.29) is 0 Å². The van der Waals surface area contributed by atoms with Crippen LogP contribution in [0.5, 0.6) is 0 Å². The van der Waals surface area contributed by atoms with Crippen molar-refractivity contribution in [3.8, 4) is 11.3 Å². The number of nitrogens with one attached hydrogen (secondary N) is 1. The molecular formula is C21H19ClN8O. The average molecular weight is 435 g/mol. The Morgan fingerprint density at radius 2 is 2.16 bits per heavy atom. The molecule has 0 saturated heterocycles. The zero-order valence-corrected chi connectivity index (χ0v) is 17.7. The van der Waals surface area contributed by atoms with Gasteiger partial charge in [-0.2, -0.15) is 9.61 Å². The van der Waals surface area contributed by atoms with Crippen LogP contribution in [0.3, 0.4) is 0 Å². The smallest absolute Gasteiger partial charge is 0.178 e. The Balaban J connectivity index is 1.63. The van der Waals surface area contributed by atoms with Crippen LogP contribution in [-0.2, 0) is 11.3 Å². The topological polar surface area (TPSA) is 102 Å². The summed E-state index contributed by atoms with van der Waals surface area (Å²) < 4.78 is 6.89. The second-order valence-corrected chi connectivity index (χ2v) is 7.00. The highest BCUT2D eigenvalue weighted by atomic mass is 35.5. The molecule has 0 atom stereocenters. The first-order valence-corrected chi connectivity index (χ1v) is 9.71. The van der Waals surface area contributed by atoms with Gasteiger partial charge in [-0.05, 0) is 37.9 Å². The molecule has 4 aromatic rings. The van der Waals surface area contributed by atoms with Crippen molar-refractivity contribution in [3.63, 3.8) is 0 Å². The molecule has 0 aromatic carbocycles. The van der Waals surface area contributed by atoms with Crippen molar-refractivity contribution in [2.75, 3.05) is 12.4 Å². The first-order chi connectivity index (χ1) is 15.1. The number of nitrogens with zero attached hydrogens (tertiary/aromatic N) is 7. The second kappa shape index (κ2) is 8.88. The number of hydrogen-bond donors (Lipinski definition) is 1. The summed E-state index contributed by atoms with van der Waals surface area (Å²) in [6.07, 6.45) is 6.78. The second-order valence-electron chi connectivity index (χ2n) is 6.56. The van der Waals surface area contributed by atoms with E-state index in [0.29, 0.717) is 45.9 Å². The van der Waals surface area contributed by atoms with E-state index >= 15 is 0 Å². The normalized spacial score (nSPS) is 11.5. The highest BCUT2D eigenvalue weighted by Crippen LogP contribution is 2.29. The van der Waals surface area contributed by atoms with Crippen molar-refractivity contribution in [2.45, 2.75) is 13.5 Å². The molecule has 0 aliphatic carbocycles. The largest absolute Gasteiger partial charge is 0.501 e. The molecule has 0 radical (unpaired) electrons. The van der Waals surface area contributed by atoms with Gasteiger partial charge in [0.25, 0.3) is 0 Å². The van der Waals surface area contributed by atoms with Crippen LogP contribution >= 0.6 is 11.6 Å². The minimum atomic E-state index is 0.365. The van der Waals surface area contributed by atoms with Gasteiger partial charge >= 0.3 is 0 Å². The van der Waals surface area contributed by atoms with Crippen molar-refractivity contribution in [1.29, 1.82) is 0 Å². The first-order valence-electron chi connectivity index (χ1n) is 9.33. The highest BCUT2D eigenvalue weighted by Gasteiger charge is 2.12. The monoisotopic (exact) mass is 434 g/mol. The molecule has 156 valence electrons. The molecule has 0 fully saturated rings. The Hall–Kier alpha value is -3.85. The van der Waals surface area contributed by atoms with Crippen LogP contribution in [0.25, 0.3) is 23.0 Å². The minimum Gasteiger partial charge on any atom is -0.501 e. The minimum absolute atomic E-state index is 0.365. The van der Waals surface area contributed by atoms with Gasteiger partial charge in [-0.25, -0.2) is 0 Å². The van der Waals surface area contributed by atoms with Gasteiger partial charge in [0.05, 0.1) is 41.5 Å². The summed E-state index contributed by atoms with van der Waals surface area (Å²) >= 11 is 6.06. The van der Waals surface area contributed by atoms with E-state index in [1.54, 1.807) is 42.4 Å². The summed E-state index contributed by atoms with van der Waals surface area (Å²) in [6, 6.07) is 7.33. The molecule has 0 spiro atoms. The Morgan fingerprint density at radius 3 is 2.94 bits per heavy atom. The highest BCUT2D eigenvalue weighted by molar-refractivity contribution is 6.30. The van der Waals surface area contributed by atoms with Crippen molar-refractivity contribution >= 4 is 41.4 Å². The molecular weight excluding hydrogens is 416 g/mol. The molecule has 1 N–H and O–H groups in total. The van der Waals surface area contributed by atoms with Crippen molar-refractivity contribution in [1.82, 2.24) is 29.8 Å². The molecule has 4 aromatic heterocycles. The fourth-order valence-electron chi connectivity index (χ4n) is 2.96. The Morgan fingerprint density at radius 1 is 1.29 bits per heavy atom. The Kier molecular flexibility index (Phi) is 5.85. The summed E-state index contributed by atoms with van der Waals surface area (Å²) in [7, 11) is 1.60. The van der Waals surface area contributed by atoms with Crippen LogP contribution in [-0.4, -0.2) is 43.6 Å². The summed E-state index contributed by atoms with van der Waals surface area (Å²) in [5.41, 5.74) is 4.17. The van der Waals surface area contributed by atoms with E-state index in [1.807, 2.05) is 25.1 Å². The van der Waals surface area contributed by atoms with E-state index in [9.17, 15) is 0 Å². The fourth-order valence-corrected chi connectivity index (χ4v) is 3.13. The van der Waals surface area contributed by atoms with Crippen LogP contribution in [0, 0.1) is 0 Å². The molecule has 4 rings (SSSR count). The summed E-state index contributed by atoms with van der Waals surface area (Å²) in [5, 5.41) is 17.0. The number of hydrogen-bond acceptors (Lipinski definition) is 8. The fraction of sp³-hybridized carbons (Fsp3) is 0.143. The number of pyridine rings is 2. The maximum atomic E-state index is 6.06. The number of methoxy groups -OCH3 is 1. The quantitative estimate of drug-likeness (QED) is 0.343. The molecule has 0 bridgehead atoms. The number of rotatable bonds is 7. The number of aromatic nitrogens is 6. The van der Waals surface area contributed by atoms with Crippen molar-refractivity contribution in [3.05, 3.63) is 65.2 Å². The van der Waals surface area contributed by atoms with Crippen LogP contribution in [0.1, 0.15) is 18.4 Å². The van der Waals surface area contributed by atoms with Crippen LogP contribution in [0.4, 0.5) is 11.4 Å². The maximum Gasteiger partial charge on any atom is 0.178 e. The summed E-state index contributed by atoms with van der Waals surface area (Å²) in [4.78, 5) is 12.6. The zero-order valence-electron chi connectivity index (χ0n) is 16.9. The third-order valence-electron chi connectivity index (χ3n) is 4.54. The number of halogens is 1. The lowest BCUT2D eigenvalue weighted by molar-refractivity contribution is 0.297. The van der Waals surface area contributed by atoms with Crippen LogP contribution < -0.4 is 5.32 Å². The lowest BCUT2D eigenvalue weighted by atomic mass is 10.2. The van der Waals surface area contributed by atoms with Gasteiger partial charge in [0.15, 0.2) is 11.5 Å². The molecule has 4 heterocycles. The van der Waals surface area contributed by atoms with E-state index in [1.165, 1.54) is 0 Å². The van der Waals surface area contributed by atoms with Gasteiger partial charge in [0.2, 0.25) is 0 Å². The van der Waals surface area contributed by atoms with E-state index < -0.39 is 0 Å². The Labute approximate surface area is 183 Å². The molecule has 31 heavy (non-hydrogen) atoms. The summed E-state index contributed by atoms with van der Waals surface area (Å²) in [6.45, 7) is 5.88. The first kappa shape index (κ1) is 20.4. The van der Waals surface area contributed by atoms with Gasteiger partial charge in [-0.15, -0.1) is 10.2 Å². The molecule has 0 saturated carbocycles. The SMILES string of the molecule is C=Nc1c(NCc2nnc3ccc(-c4cncc(Cl)c4)nn23)ccnc1/C=C(\C)OC. The van der Waals surface area contributed by atoms with Gasteiger partial charge in [0, 0.05) is 30.2 Å². The van der Waals surface area contributed by atoms with Gasteiger partial charge < -0.3 is 10.1 Å². The molecule has 10 heteroatoms. The third kappa shape index (κ3) is 4.36. The number of aliphatic imine (C=N–C) groups is 1. The standard InChI is InChI=1S/C21H19ClN8O/c1-13(31-3)8-18-21(23-2)17(6-7-25-18)26-12-20-28-27-19-5-4-16(29-30(19)20)14-9-15(22)11-24-10-14/h4-11H,2,12H2,1,3H3,(H,25,26)/b13-8+. The van der Waals surface area contributed by atoms with Gasteiger partial charge in [-0.1, -0.05) is 11.6 Å². The number of anilines is 1. The number of allylic oxidation sites excluding steroid dienone is 1. The van der Waals surface area contributed by atoms with Crippen molar-refractivity contribution in [2.24, 2.45) is 4.99 Å². The predicted octanol–water partition coefficient (Wildman–Crippen LogP) is 4.19.